The molecule has 248 valence electrons. The highest BCUT2D eigenvalue weighted by atomic mass is 35.5. The van der Waals surface area contributed by atoms with E-state index in [1.54, 1.807) is 12.1 Å². The molecule has 0 radical (unpaired) electrons. The summed E-state index contributed by atoms with van der Waals surface area (Å²) in [6.45, 7) is 5.41. The predicted octanol–water partition coefficient (Wildman–Crippen LogP) is 6.40. The van der Waals surface area contributed by atoms with Crippen LogP contribution in [0.5, 0.6) is 5.75 Å². The highest BCUT2D eigenvalue weighted by Gasteiger charge is 2.35. The van der Waals surface area contributed by atoms with Crippen molar-refractivity contribution in [3.8, 4) is 5.75 Å². The van der Waals surface area contributed by atoms with Crippen LogP contribution >= 0.6 is 11.6 Å². The van der Waals surface area contributed by atoms with Gasteiger partial charge in [-0.15, -0.1) is 0 Å². The van der Waals surface area contributed by atoms with Crippen molar-refractivity contribution in [2.75, 3.05) is 24.5 Å². The molecule has 2 amide bonds. The molecular weight excluding hydrogens is 641 g/mol. The standard InChI is InChI=1S/C36H39ClFN3O5S/c1-25(2)22-39-36(43)33(20-27-8-6-5-7-9-27)40(23-28-12-14-29(38)15-13-28)35(42)24-41(30-16-19-34(46-4)32(37)21-30)47(44,45)31-17-10-26(3)11-18-31/h5-19,21,25,33H,20,22-24H2,1-4H3,(H,39,43)/t33-/m0/s1. The molecule has 47 heavy (non-hydrogen) atoms. The lowest BCUT2D eigenvalue weighted by Crippen LogP contribution is -2.53. The number of halogens is 2. The number of hydrogen-bond acceptors (Lipinski definition) is 5. The van der Waals surface area contributed by atoms with Gasteiger partial charge < -0.3 is 15.0 Å². The number of benzene rings is 4. The van der Waals surface area contributed by atoms with E-state index in [-0.39, 0.29) is 34.5 Å². The molecule has 0 aromatic heterocycles. The first-order chi connectivity index (χ1) is 22.4. The minimum atomic E-state index is -4.30. The van der Waals surface area contributed by atoms with Crippen LogP contribution in [0.4, 0.5) is 10.1 Å². The Bertz CT molecular complexity index is 1770. The van der Waals surface area contributed by atoms with Crippen LogP contribution in [-0.2, 0) is 32.6 Å². The van der Waals surface area contributed by atoms with E-state index in [9.17, 15) is 22.4 Å². The van der Waals surface area contributed by atoms with Crippen LogP contribution in [0.1, 0.15) is 30.5 Å². The van der Waals surface area contributed by atoms with Crippen LogP contribution in [-0.4, -0.2) is 51.4 Å². The molecule has 0 bridgehead atoms. The highest BCUT2D eigenvalue weighted by molar-refractivity contribution is 7.92. The smallest absolute Gasteiger partial charge is 0.264 e. The van der Waals surface area contributed by atoms with Crippen LogP contribution in [0.15, 0.2) is 102 Å². The molecule has 0 aliphatic rings. The summed E-state index contributed by atoms with van der Waals surface area (Å²) >= 11 is 6.43. The van der Waals surface area contributed by atoms with E-state index < -0.39 is 40.2 Å². The van der Waals surface area contributed by atoms with Gasteiger partial charge in [-0.25, -0.2) is 12.8 Å². The third-order valence-corrected chi connectivity index (χ3v) is 9.62. The summed E-state index contributed by atoms with van der Waals surface area (Å²) in [5.74, 6) is -1.01. The number of sulfonamides is 1. The maximum absolute atomic E-state index is 14.5. The molecule has 4 aromatic rings. The van der Waals surface area contributed by atoms with Crippen molar-refractivity contribution in [2.24, 2.45) is 5.92 Å². The minimum Gasteiger partial charge on any atom is -0.495 e. The number of carbonyl (C=O) groups excluding carboxylic acids is 2. The van der Waals surface area contributed by atoms with Gasteiger partial charge in [0.05, 0.1) is 22.7 Å². The number of aryl methyl sites for hydroxylation is 1. The van der Waals surface area contributed by atoms with Gasteiger partial charge in [-0.1, -0.05) is 85.6 Å². The molecule has 0 saturated carbocycles. The number of anilines is 1. The molecule has 0 heterocycles. The maximum atomic E-state index is 14.5. The lowest BCUT2D eigenvalue weighted by molar-refractivity contribution is -0.140. The van der Waals surface area contributed by atoms with E-state index in [2.05, 4.69) is 5.32 Å². The highest BCUT2D eigenvalue weighted by Crippen LogP contribution is 2.32. The summed E-state index contributed by atoms with van der Waals surface area (Å²) in [6, 6.07) is 24.6. The fraction of sp³-hybridized carbons (Fsp3) is 0.278. The number of nitrogens with zero attached hydrogens (tertiary/aromatic N) is 2. The third kappa shape index (κ3) is 9.33. The largest absolute Gasteiger partial charge is 0.495 e. The van der Waals surface area contributed by atoms with Crippen LogP contribution in [0.3, 0.4) is 0 Å². The monoisotopic (exact) mass is 679 g/mol. The number of methoxy groups -OCH3 is 1. The van der Waals surface area contributed by atoms with Gasteiger partial charge in [-0.05, 0) is 66.4 Å². The van der Waals surface area contributed by atoms with Gasteiger partial charge >= 0.3 is 0 Å². The second-order valence-corrected chi connectivity index (χ2v) is 13.9. The van der Waals surface area contributed by atoms with Crippen molar-refractivity contribution in [3.63, 3.8) is 0 Å². The normalized spacial score (nSPS) is 12.0. The van der Waals surface area contributed by atoms with Gasteiger partial charge in [0.25, 0.3) is 10.0 Å². The fourth-order valence-corrected chi connectivity index (χ4v) is 6.60. The molecule has 11 heteroatoms. The van der Waals surface area contributed by atoms with E-state index in [1.807, 2.05) is 51.1 Å². The Kier molecular flexibility index (Phi) is 12.0. The Labute approximate surface area is 281 Å². The molecule has 4 aromatic carbocycles. The summed E-state index contributed by atoms with van der Waals surface area (Å²) in [7, 11) is -2.86. The Balaban J connectivity index is 1.82. The number of nitrogens with one attached hydrogen (secondary N) is 1. The summed E-state index contributed by atoms with van der Waals surface area (Å²) in [5.41, 5.74) is 2.37. The molecule has 0 aliphatic heterocycles. The van der Waals surface area contributed by atoms with Crippen molar-refractivity contribution in [3.05, 3.63) is 125 Å². The van der Waals surface area contributed by atoms with E-state index in [1.165, 1.54) is 66.6 Å². The van der Waals surface area contributed by atoms with Crippen molar-refractivity contribution in [2.45, 2.75) is 44.7 Å². The zero-order valence-electron chi connectivity index (χ0n) is 26.8. The van der Waals surface area contributed by atoms with Gasteiger partial charge in [-0.3, -0.25) is 13.9 Å². The number of ether oxygens (including phenoxy) is 1. The molecule has 0 unspecified atom stereocenters. The first-order valence-corrected chi connectivity index (χ1v) is 17.0. The second kappa shape index (κ2) is 15.9. The molecular formula is C36H39ClFN3O5S. The topological polar surface area (TPSA) is 96.0 Å². The Hall–Kier alpha value is -4.41. The molecule has 1 N–H and O–H groups in total. The molecule has 1 atom stereocenters. The lowest BCUT2D eigenvalue weighted by Gasteiger charge is -2.34. The minimum absolute atomic E-state index is 0.0246. The maximum Gasteiger partial charge on any atom is 0.264 e. The van der Waals surface area contributed by atoms with Crippen molar-refractivity contribution in [1.82, 2.24) is 10.2 Å². The van der Waals surface area contributed by atoms with Crippen molar-refractivity contribution >= 4 is 39.1 Å². The van der Waals surface area contributed by atoms with Crippen LogP contribution < -0.4 is 14.4 Å². The summed E-state index contributed by atoms with van der Waals surface area (Å²) in [6.07, 6.45) is 0.163. The van der Waals surface area contributed by atoms with Crippen molar-refractivity contribution < 1.29 is 27.1 Å². The molecule has 0 aliphatic carbocycles. The first-order valence-electron chi connectivity index (χ1n) is 15.2. The molecule has 0 spiro atoms. The van der Waals surface area contributed by atoms with Crippen LogP contribution in [0, 0.1) is 18.7 Å². The van der Waals surface area contributed by atoms with Crippen LogP contribution in [0.2, 0.25) is 5.02 Å². The van der Waals surface area contributed by atoms with Crippen LogP contribution in [0.25, 0.3) is 0 Å². The molecule has 4 rings (SSSR count). The quantitative estimate of drug-likeness (QED) is 0.166. The fourth-order valence-electron chi connectivity index (χ4n) is 4.94. The third-order valence-electron chi connectivity index (χ3n) is 7.53. The summed E-state index contributed by atoms with van der Waals surface area (Å²) in [4.78, 5) is 29.7. The zero-order chi connectivity index (χ0) is 34.1. The van der Waals surface area contributed by atoms with Gasteiger partial charge in [0.15, 0.2) is 0 Å². The molecule has 8 nitrogen and oxygen atoms in total. The van der Waals surface area contributed by atoms with Gasteiger partial charge in [0, 0.05) is 19.5 Å². The molecule has 0 fully saturated rings. The number of amides is 2. The summed E-state index contributed by atoms with van der Waals surface area (Å²) < 4.78 is 48.5. The summed E-state index contributed by atoms with van der Waals surface area (Å²) in [5, 5.41) is 3.10. The Morgan fingerprint density at radius 3 is 2.17 bits per heavy atom. The van der Waals surface area contributed by atoms with E-state index in [4.69, 9.17) is 16.3 Å². The lowest BCUT2D eigenvalue weighted by atomic mass is 10.0. The molecule has 0 saturated heterocycles. The zero-order valence-corrected chi connectivity index (χ0v) is 28.4. The van der Waals surface area contributed by atoms with E-state index in [0.717, 1.165) is 15.4 Å². The average Bonchev–Trinajstić information content (AvgIpc) is 3.05. The van der Waals surface area contributed by atoms with Gasteiger partial charge in [0.2, 0.25) is 11.8 Å². The van der Waals surface area contributed by atoms with E-state index >= 15 is 0 Å². The Morgan fingerprint density at radius 2 is 1.57 bits per heavy atom. The number of carbonyl (C=O) groups is 2. The average molecular weight is 680 g/mol. The number of hydrogen-bond donors (Lipinski definition) is 1. The Morgan fingerprint density at radius 1 is 0.915 bits per heavy atom. The van der Waals surface area contributed by atoms with Gasteiger partial charge in [0.1, 0.15) is 24.2 Å². The SMILES string of the molecule is COc1ccc(N(CC(=O)N(Cc2ccc(F)cc2)[C@@H](Cc2ccccc2)C(=O)NCC(C)C)S(=O)(=O)c2ccc(C)cc2)cc1Cl. The van der Waals surface area contributed by atoms with Crippen molar-refractivity contribution in [1.29, 1.82) is 0 Å². The first kappa shape index (κ1) is 35.4. The van der Waals surface area contributed by atoms with Gasteiger partial charge in [-0.2, -0.15) is 0 Å². The second-order valence-electron chi connectivity index (χ2n) is 11.6. The predicted molar refractivity (Wildman–Crippen MR) is 182 cm³/mol. The number of rotatable bonds is 14. The van der Waals surface area contributed by atoms with E-state index in [0.29, 0.717) is 17.9 Å².